The van der Waals surface area contributed by atoms with Gasteiger partial charge in [0.1, 0.15) is 0 Å². The molecule has 1 heterocycles. The number of halogens is 1. The van der Waals surface area contributed by atoms with Gasteiger partial charge in [0, 0.05) is 17.6 Å². The van der Waals surface area contributed by atoms with Gasteiger partial charge in [-0.05, 0) is 28.1 Å². The number of hydrogen-bond donors (Lipinski definition) is 2. The van der Waals surface area contributed by atoms with Crippen LogP contribution in [0.1, 0.15) is 0 Å². The highest BCUT2D eigenvalue weighted by Crippen LogP contribution is 2.23. The third kappa shape index (κ3) is 2.58. The Bertz CT molecular complexity index is 458. The number of nitrogens with one attached hydrogen (secondary N) is 1. The number of benzene rings is 1. The van der Waals surface area contributed by atoms with E-state index in [0.29, 0.717) is 5.69 Å². The minimum Gasteiger partial charge on any atom is -0.465 e. The molecule has 2 rings (SSSR count). The lowest BCUT2D eigenvalue weighted by molar-refractivity contribution is -0.123. The fourth-order valence-corrected chi connectivity index (χ4v) is 1.98. The van der Waals surface area contributed by atoms with Crippen molar-refractivity contribution in [3.63, 3.8) is 0 Å². The summed E-state index contributed by atoms with van der Waals surface area (Å²) in [5.74, 6) is -0.396. The zero-order chi connectivity index (χ0) is 12.4. The van der Waals surface area contributed by atoms with Crippen molar-refractivity contribution in [2.24, 2.45) is 5.92 Å². The number of carbonyl (C=O) groups is 2. The molecule has 0 aliphatic carbocycles. The Morgan fingerprint density at radius 2 is 2.00 bits per heavy atom. The van der Waals surface area contributed by atoms with Crippen molar-refractivity contribution in [3.8, 4) is 0 Å². The summed E-state index contributed by atoms with van der Waals surface area (Å²) in [4.78, 5) is 23.5. The van der Waals surface area contributed by atoms with Crippen molar-refractivity contribution < 1.29 is 14.7 Å². The average molecular weight is 299 g/mol. The van der Waals surface area contributed by atoms with E-state index in [4.69, 9.17) is 5.11 Å². The molecule has 2 amide bonds. The first-order valence-corrected chi connectivity index (χ1v) is 5.90. The van der Waals surface area contributed by atoms with Crippen LogP contribution >= 0.6 is 15.9 Å². The van der Waals surface area contributed by atoms with Crippen molar-refractivity contribution in [2.45, 2.75) is 0 Å². The molecule has 1 aromatic carbocycles. The molecule has 5 nitrogen and oxygen atoms in total. The van der Waals surface area contributed by atoms with Gasteiger partial charge in [-0.25, -0.2) is 4.79 Å². The predicted molar refractivity (Wildman–Crippen MR) is 65.9 cm³/mol. The van der Waals surface area contributed by atoms with Gasteiger partial charge in [-0.1, -0.05) is 12.1 Å². The maximum absolute atomic E-state index is 11.8. The van der Waals surface area contributed by atoms with E-state index in [2.05, 4.69) is 21.2 Å². The first-order valence-electron chi connectivity index (χ1n) is 5.11. The molecule has 0 saturated carbocycles. The average Bonchev–Trinajstić information content (AvgIpc) is 2.18. The first kappa shape index (κ1) is 11.9. The second-order valence-electron chi connectivity index (χ2n) is 3.85. The molecule has 0 bridgehead atoms. The fraction of sp³-hybridized carbons (Fsp3) is 0.273. The lowest BCUT2D eigenvalue weighted by atomic mass is 10.00. The zero-order valence-corrected chi connectivity index (χ0v) is 10.5. The lowest BCUT2D eigenvalue weighted by Gasteiger charge is -2.35. The highest BCUT2D eigenvalue weighted by Gasteiger charge is 2.35. The number of carboxylic acid groups (broad SMARTS) is 1. The van der Waals surface area contributed by atoms with Crippen LogP contribution in [0.25, 0.3) is 0 Å². The number of para-hydroxylation sites is 1. The Balaban J connectivity index is 1.91. The summed E-state index contributed by atoms with van der Waals surface area (Å²) in [6.45, 7) is 0.539. The summed E-state index contributed by atoms with van der Waals surface area (Å²) in [7, 11) is 0. The van der Waals surface area contributed by atoms with Gasteiger partial charge >= 0.3 is 6.09 Å². The van der Waals surface area contributed by atoms with E-state index in [1.54, 1.807) is 6.07 Å². The Morgan fingerprint density at radius 1 is 1.35 bits per heavy atom. The number of carbonyl (C=O) groups excluding carboxylic acids is 1. The van der Waals surface area contributed by atoms with Gasteiger partial charge in [0.2, 0.25) is 5.91 Å². The summed E-state index contributed by atoms with van der Waals surface area (Å²) in [6, 6.07) is 7.30. The SMILES string of the molecule is O=C(Nc1ccccc1Br)C1CN(C(=O)O)C1. The largest absolute Gasteiger partial charge is 0.465 e. The van der Waals surface area contributed by atoms with E-state index in [1.807, 2.05) is 18.2 Å². The van der Waals surface area contributed by atoms with Crippen molar-refractivity contribution in [1.82, 2.24) is 4.90 Å². The Morgan fingerprint density at radius 3 is 2.59 bits per heavy atom. The third-order valence-corrected chi connectivity index (χ3v) is 3.35. The maximum atomic E-state index is 11.8. The number of nitrogens with zero attached hydrogens (tertiary/aromatic N) is 1. The third-order valence-electron chi connectivity index (χ3n) is 2.65. The summed E-state index contributed by atoms with van der Waals surface area (Å²) >= 11 is 3.33. The van der Waals surface area contributed by atoms with Crippen molar-refractivity contribution in [3.05, 3.63) is 28.7 Å². The second kappa shape index (κ2) is 4.75. The lowest BCUT2D eigenvalue weighted by Crippen LogP contribution is -2.53. The molecular formula is C11H11BrN2O3. The van der Waals surface area contributed by atoms with Crippen LogP contribution in [0, 0.1) is 5.92 Å². The minimum atomic E-state index is -0.977. The van der Waals surface area contributed by atoms with Gasteiger partial charge in [-0.15, -0.1) is 0 Å². The molecule has 2 N–H and O–H groups in total. The molecule has 0 atom stereocenters. The summed E-state index contributed by atoms with van der Waals surface area (Å²) in [5, 5.41) is 11.4. The van der Waals surface area contributed by atoms with Crippen LogP contribution in [-0.2, 0) is 4.79 Å². The molecule has 0 unspecified atom stereocenters. The number of rotatable bonds is 2. The summed E-state index contributed by atoms with van der Waals surface area (Å²) in [5.41, 5.74) is 0.700. The molecular weight excluding hydrogens is 288 g/mol. The topological polar surface area (TPSA) is 69.6 Å². The van der Waals surface area contributed by atoms with Crippen LogP contribution in [0.4, 0.5) is 10.5 Å². The molecule has 6 heteroatoms. The number of anilines is 1. The first-order chi connectivity index (χ1) is 8.08. The molecule has 1 aliphatic rings. The van der Waals surface area contributed by atoms with E-state index in [1.165, 1.54) is 4.90 Å². The molecule has 1 aliphatic heterocycles. The molecule has 1 aromatic rings. The van der Waals surface area contributed by atoms with Crippen molar-refractivity contribution in [2.75, 3.05) is 18.4 Å². The van der Waals surface area contributed by atoms with E-state index >= 15 is 0 Å². The molecule has 0 aromatic heterocycles. The Kier molecular flexibility index (Phi) is 3.33. The predicted octanol–water partition coefficient (Wildman–Crippen LogP) is 2.00. The highest BCUT2D eigenvalue weighted by atomic mass is 79.9. The molecule has 1 saturated heterocycles. The molecule has 90 valence electrons. The van der Waals surface area contributed by atoms with Crippen LogP contribution in [0.3, 0.4) is 0 Å². The second-order valence-corrected chi connectivity index (χ2v) is 4.71. The standard InChI is InChI=1S/C11H11BrN2O3/c12-8-3-1-2-4-9(8)13-10(15)7-5-14(6-7)11(16)17/h1-4,7H,5-6H2,(H,13,15)(H,16,17). The normalized spacial score (nSPS) is 15.2. The van der Waals surface area contributed by atoms with Gasteiger partial charge < -0.3 is 15.3 Å². The monoisotopic (exact) mass is 298 g/mol. The van der Waals surface area contributed by atoms with Crippen LogP contribution < -0.4 is 5.32 Å². The van der Waals surface area contributed by atoms with Crippen LogP contribution in [0.5, 0.6) is 0 Å². The number of hydrogen-bond acceptors (Lipinski definition) is 2. The van der Waals surface area contributed by atoms with Gasteiger partial charge in [-0.2, -0.15) is 0 Å². The van der Waals surface area contributed by atoms with Gasteiger partial charge in [0.25, 0.3) is 0 Å². The van der Waals surface area contributed by atoms with Crippen LogP contribution in [0.2, 0.25) is 0 Å². The van der Waals surface area contributed by atoms with Crippen LogP contribution in [0.15, 0.2) is 28.7 Å². The Hall–Kier alpha value is -1.56. The molecule has 17 heavy (non-hydrogen) atoms. The fourth-order valence-electron chi connectivity index (χ4n) is 1.60. The summed E-state index contributed by atoms with van der Waals surface area (Å²) < 4.78 is 0.808. The minimum absolute atomic E-state index is 0.144. The zero-order valence-electron chi connectivity index (χ0n) is 8.89. The summed E-state index contributed by atoms with van der Waals surface area (Å²) in [6.07, 6.45) is -0.977. The van der Waals surface area contributed by atoms with Crippen LogP contribution in [-0.4, -0.2) is 35.1 Å². The number of amides is 2. The van der Waals surface area contributed by atoms with Gasteiger partial charge in [0.05, 0.1) is 11.6 Å². The van der Waals surface area contributed by atoms with Crippen molar-refractivity contribution in [1.29, 1.82) is 0 Å². The maximum Gasteiger partial charge on any atom is 0.407 e. The quantitative estimate of drug-likeness (QED) is 0.877. The Labute approximate surface area is 107 Å². The molecule has 0 radical (unpaired) electrons. The molecule has 1 fully saturated rings. The van der Waals surface area contributed by atoms with E-state index in [-0.39, 0.29) is 24.9 Å². The smallest absolute Gasteiger partial charge is 0.407 e. The van der Waals surface area contributed by atoms with Crippen molar-refractivity contribution >= 4 is 33.6 Å². The van der Waals surface area contributed by atoms with E-state index < -0.39 is 6.09 Å². The highest BCUT2D eigenvalue weighted by molar-refractivity contribution is 9.10. The molecule has 0 spiro atoms. The van der Waals surface area contributed by atoms with Gasteiger partial charge in [-0.3, -0.25) is 4.79 Å². The number of likely N-dealkylation sites (tertiary alicyclic amines) is 1. The van der Waals surface area contributed by atoms with E-state index in [9.17, 15) is 9.59 Å². The van der Waals surface area contributed by atoms with E-state index in [0.717, 1.165) is 4.47 Å². The van der Waals surface area contributed by atoms with Gasteiger partial charge in [0.15, 0.2) is 0 Å².